The molecule has 6 nitrogen and oxygen atoms in total. The molecule has 102 valence electrons. The van der Waals surface area contributed by atoms with E-state index in [0.717, 1.165) is 12.8 Å². The van der Waals surface area contributed by atoms with Crippen molar-refractivity contribution in [1.82, 2.24) is 10.6 Å². The largest absolute Gasteiger partial charge is 0.480 e. The predicted octanol–water partition coefficient (Wildman–Crippen LogP) is 0.719. The lowest BCUT2D eigenvalue weighted by atomic mass is 9.85. The molecule has 0 aromatic carbocycles. The van der Waals surface area contributed by atoms with Crippen LogP contribution >= 0.6 is 0 Å². The van der Waals surface area contributed by atoms with Gasteiger partial charge in [-0.2, -0.15) is 0 Å². The third-order valence-electron chi connectivity index (χ3n) is 3.88. The van der Waals surface area contributed by atoms with Gasteiger partial charge in [0.15, 0.2) is 0 Å². The summed E-state index contributed by atoms with van der Waals surface area (Å²) in [5, 5.41) is 14.6. The number of carboxylic acids is 1. The van der Waals surface area contributed by atoms with Gasteiger partial charge in [-0.05, 0) is 18.8 Å². The van der Waals surface area contributed by atoms with Crippen molar-refractivity contribution in [2.24, 2.45) is 5.92 Å². The van der Waals surface area contributed by atoms with Crippen molar-refractivity contribution in [3.63, 3.8) is 0 Å². The summed E-state index contributed by atoms with van der Waals surface area (Å²) >= 11 is 0. The fraction of sp³-hybridized carbons (Fsp3) is 0.833. The summed E-state index contributed by atoms with van der Waals surface area (Å²) < 4.78 is 5.15. The Morgan fingerprint density at radius 1 is 1.28 bits per heavy atom. The fourth-order valence-electron chi connectivity index (χ4n) is 2.31. The Balaban J connectivity index is 1.83. The van der Waals surface area contributed by atoms with Crippen LogP contribution in [0.4, 0.5) is 4.79 Å². The topological polar surface area (TPSA) is 87.7 Å². The molecule has 18 heavy (non-hydrogen) atoms. The maximum atomic E-state index is 11.7. The number of hydrogen-bond acceptors (Lipinski definition) is 3. The third-order valence-corrected chi connectivity index (χ3v) is 3.88. The Labute approximate surface area is 106 Å². The molecule has 2 amide bonds. The monoisotopic (exact) mass is 256 g/mol. The summed E-state index contributed by atoms with van der Waals surface area (Å²) in [5.74, 6) is -0.421. The number of hydrogen-bond donors (Lipinski definition) is 3. The predicted molar refractivity (Wildman–Crippen MR) is 64.3 cm³/mol. The van der Waals surface area contributed by atoms with Gasteiger partial charge in [-0.25, -0.2) is 9.59 Å². The first-order valence-electron chi connectivity index (χ1n) is 6.49. The molecule has 1 saturated carbocycles. The van der Waals surface area contributed by atoms with Gasteiger partial charge < -0.3 is 20.5 Å². The van der Waals surface area contributed by atoms with Gasteiger partial charge in [-0.1, -0.05) is 6.42 Å². The molecule has 1 aliphatic heterocycles. The van der Waals surface area contributed by atoms with Crippen LogP contribution in [0.2, 0.25) is 0 Å². The van der Waals surface area contributed by atoms with E-state index in [1.54, 1.807) is 0 Å². The Hall–Kier alpha value is -1.30. The zero-order valence-electron chi connectivity index (χ0n) is 10.4. The van der Waals surface area contributed by atoms with Crippen molar-refractivity contribution in [3.8, 4) is 0 Å². The average Bonchev–Trinajstić information content (AvgIpc) is 2.28. The average molecular weight is 256 g/mol. The standard InChI is InChI=1S/C12H20N2O4/c15-10(16)12(4-6-18-7-5-12)14-11(17)13-8-9-2-1-3-9/h9H,1-8H2,(H,15,16)(H2,13,14,17). The van der Waals surface area contributed by atoms with Gasteiger partial charge in [0.05, 0.1) is 0 Å². The van der Waals surface area contributed by atoms with Crippen LogP contribution in [0.5, 0.6) is 0 Å². The van der Waals surface area contributed by atoms with E-state index in [0.29, 0.717) is 38.5 Å². The van der Waals surface area contributed by atoms with Gasteiger partial charge in [-0.3, -0.25) is 0 Å². The summed E-state index contributed by atoms with van der Waals surface area (Å²) in [6.45, 7) is 1.38. The molecule has 0 radical (unpaired) electrons. The molecule has 0 aromatic heterocycles. The second kappa shape index (κ2) is 5.56. The van der Waals surface area contributed by atoms with Crippen molar-refractivity contribution in [2.75, 3.05) is 19.8 Å². The molecule has 1 heterocycles. The van der Waals surface area contributed by atoms with Crippen molar-refractivity contribution in [3.05, 3.63) is 0 Å². The maximum Gasteiger partial charge on any atom is 0.329 e. The number of nitrogens with one attached hydrogen (secondary N) is 2. The summed E-state index contributed by atoms with van der Waals surface area (Å²) in [6, 6.07) is -0.383. The van der Waals surface area contributed by atoms with E-state index in [9.17, 15) is 14.7 Å². The first kappa shape index (κ1) is 13.1. The first-order valence-corrected chi connectivity index (χ1v) is 6.49. The summed E-state index contributed by atoms with van der Waals surface area (Å²) in [7, 11) is 0. The lowest BCUT2D eigenvalue weighted by Gasteiger charge is -2.34. The fourth-order valence-corrected chi connectivity index (χ4v) is 2.31. The minimum Gasteiger partial charge on any atom is -0.480 e. The highest BCUT2D eigenvalue weighted by atomic mass is 16.5. The molecule has 0 bridgehead atoms. The Morgan fingerprint density at radius 2 is 1.94 bits per heavy atom. The van der Waals surface area contributed by atoms with Crippen molar-refractivity contribution < 1.29 is 19.4 Å². The van der Waals surface area contributed by atoms with E-state index in [2.05, 4.69) is 10.6 Å². The highest BCUT2D eigenvalue weighted by Crippen LogP contribution is 2.25. The first-order chi connectivity index (χ1) is 8.62. The van der Waals surface area contributed by atoms with Crippen LogP contribution in [0.15, 0.2) is 0 Å². The van der Waals surface area contributed by atoms with Crippen molar-refractivity contribution in [2.45, 2.75) is 37.6 Å². The number of ether oxygens (including phenoxy) is 1. The Bertz CT molecular complexity index is 322. The third kappa shape index (κ3) is 2.93. The molecule has 2 aliphatic rings. The molecule has 2 rings (SSSR count). The molecule has 2 fully saturated rings. The summed E-state index contributed by atoms with van der Waals surface area (Å²) in [6.07, 6.45) is 4.17. The zero-order chi connectivity index (χ0) is 13.0. The second-order valence-electron chi connectivity index (χ2n) is 5.13. The van der Waals surface area contributed by atoms with Gasteiger partial charge in [0.1, 0.15) is 5.54 Å². The molecule has 0 unspecified atom stereocenters. The summed E-state index contributed by atoms with van der Waals surface area (Å²) in [4.78, 5) is 23.1. The summed E-state index contributed by atoms with van der Waals surface area (Å²) in [5.41, 5.74) is -1.16. The molecular formula is C12H20N2O4. The number of carboxylic acid groups (broad SMARTS) is 1. The second-order valence-corrected chi connectivity index (χ2v) is 5.13. The molecule has 0 aromatic rings. The molecule has 0 spiro atoms. The zero-order valence-corrected chi connectivity index (χ0v) is 10.4. The van der Waals surface area contributed by atoms with Crippen LogP contribution in [0, 0.1) is 5.92 Å². The van der Waals surface area contributed by atoms with E-state index >= 15 is 0 Å². The van der Waals surface area contributed by atoms with Crippen LogP contribution in [-0.4, -0.2) is 42.4 Å². The van der Waals surface area contributed by atoms with Crippen molar-refractivity contribution in [1.29, 1.82) is 0 Å². The quantitative estimate of drug-likeness (QED) is 0.691. The van der Waals surface area contributed by atoms with E-state index in [-0.39, 0.29) is 6.03 Å². The lowest BCUT2D eigenvalue weighted by molar-refractivity contribution is -0.148. The Kier molecular flexibility index (Phi) is 4.06. The molecule has 6 heteroatoms. The minimum atomic E-state index is -1.16. The van der Waals surface area contributed by atoms with Gasteiger partial charge >= 0.3 is 12.0 Å². The van der Waals surface area contributed by atoms with Crippen LogP contribution in [0.1, 0.15) is 32.1 Å². The normalized spacial score (nSPS) is 22.9. The van der Waals surface area contributed by atoms with E-state index in [1.165, 1.54) is 6.42 Å². The Morgan fingerprint density at radius 3 is 2.44 bits per heavy atom. The van der Waals surface area contributed by atoms with Crippen LogP contribution in [0.3, 0.4) is 0 Å². The highest BCUT2D eigenvalue weighted by molar-refractivity contribution is 5.86. The van der Waals surface area contributed by atoms with E-state index < -0.39 is 11.5 Å². The van der Waals surface area contributed by atoms with Gasteiger partial charge in [0.2, 0.25) is 0 Å². The maximum absolute atomic E-state index is 11.7. The molecule has 0 atom stereocenters. The van der Waals surface area contributed by atoms with Crippen molar-refractivity contribution >= 4 is 12.0 Å². The number of aliphatic carboxylic acids is 1. The molecule has 3 N–H and O–H groups in total. The molecular weight excluding hydrogens is 236 g/mol. The minimum absolute atomic E-state index is 0.319. The van der Waals surface area contributed by atoms with Gasteiger partial charge in [0, 0.05) is 32.6 Å². The number of rotatable bonds is 4. The number of amides is 2. The van der Waals surface area contributed by atoms with Crippen LogP contribution in [-0.2, 0) is 9.53 Å². The number of urea groups is 1. The van der Waals surface area contributed by atoms with Gasteiger partial charge in [-0.15, -0.1) is 0 Å². The number of carbonyl (C=O) groups excluding carboxylic acids is 1. The van der Waals surface area contributed by atoms with E-state index in [1.807, 2.05) is 0 Å². The molecule has 1 aliphatic carbocycles. The highest BCUT2D eigenvalue weighted by Gasteiger charge is 2.41. The SMILES string of the molecule is O=C(NCC1CCC1)NC1(C(=O)O)CCOCC1. The smallest absolute Gasteiger partial charge is 0.329 e. The van der Waals surface area contributed by atoms with Crippen LogP contribution in [0.25, 0.3) is 0 Å². The number of carbonyl (C=O) groups is 2. The van der Waals surface area contributed by atoms with Gasteiger partial charge in [0.25, 0.3) is 0 Å². The van der Waals surface area contributed by atoms with E-state index in [4.69, 9.17) is 4.74 Å². The molecule has 1 saturated heterocycles. The lowest BCUT2D eigenvalue weighted by Crippen LogP contribution is -2.60. The van der Waals surface area contributed by atoms with Crippen LogP contribution < -0.4 is 10.6 Å².